The van der Waals surface area contributed by atoms with Crippen molar-refractivity contribution in [3.63, 3.8) is 0 Å². The molecule has 0 aliphatic carbocycles. The van der Waals surface area contributed by atoms with Crippen molar-refractivity contribution < 1.29 is 18.8 Å². The highest BCUT2D eigenvalue weighted by molar-refractivity contribution is 5.96. The van der Waals surface area contributed by atoms with Gasteiger partial charge in [0.2, 0.25) is 11.8 Å². The summed E-state index contributed by atoms with van der Waals surface area (Å²) in [7, 11) is 1.62. The highest BCUT2D eigenvalue weighted by Crippen LogP contribution is 2.25. The highest BCUT2D eigenvalue weighted by atomic mass is 16.3. The number of amides is 4. The van der Waals surface area contributed by atoms with Gasteiger partial charge in [-0.3, -0.25) is 9.59 Å². The van der Waals surface area contributed by atoms with Crippen LogP contribution in [-0.2, 0) is 9.59 Å². The van der Waals surface area contributed by atoms with E-state index in [0.29, 0.717) is 24.4 Å². The van der Waals surface area contributed by atoms with Crippen LogP contribution in [0.1, 0.15) is 6.42 Å². The number of hydrogen-bond acceptors (Lipinski definition) is 4. The summed E-state index contributed by atoms with van der Waals surface area (Å²) in [6, 6.07) is 9.86. The minimum atomic E-state index is -0.483. The summed E-state index contributed by atoms with van der Waals surface area (Å²) in [5, 5.41) is 5.65. The van der Waals surface area contributed by atoms with Crippen LogP contribution in [0.15, 0.2) is 47.1 Å². The van der Waals surface area contributed by atoms with Gasteiger partial charge in [-0.15, -0.1) is 0 Å². The smallest absolute Gasteiger partial charge is 0.319 e. The Morgan fingerprint density at radius 3 is 2.85 bits per heavy atom. The summed E-state index contributed by atoms with van der Waals surface area (Å²) in [4.78, 5) is 39.7. The van der Waals surface area contributed by atoms with Gasteiger partial charge >= 0.3 is 6.03 Å². The molecular formula is C19H20N4O4. The molecule has 27 heavy (non-hydrogen) atoms. The van der Waals surface area contributed by atoms with Crippen molar-refractivity contribution in [2.75, 3.05) is 25.5 Å². The van der Waals surface area contributed by atoms with Gasteiger partial charge in [-0.2, -0.15) is 0 Å². The minimum Gasteiger partial charge on any atom is -0.464 e. The molecule has 2 aliphatic rings. The number of hydrogen-bond donors (Lipinski definition) is 2. The average Bonchev–Trinajstić information content (AvgIpc) is 3.30. The Labute approximate surface area is 156 Å². The van der Waals surface area contributed by atoms with Crippen LogP contribution in [0.5, 0.6) is 0 Å². The van der Waals surface area contributed by atoms with E-state index >= 15 is 0 Å². The maximum Gasteiger partial charge on any atom is 0.319 e. The summed E-state index contributed by atoms with van der Waals surface area (Å²) in [5.41, 5.74) is 1.49. The number of benzene rings is 1. The van der Waals surface area contributed by atoms with Crippen LogP contribution in [-0.4, -0.2) is 59.9 Å². The number of nitrogens with one attached hydrogen (secondary N) is 2. The Kier molecular flexibility index (Phi) is 4.31. The lowest BCUT2D eigenvalue weighted by Gasteiger charge is -2.33. The van der Waals surface area contributed by atoms with Gasteiger partial charge < -0.3 is 24.9 Å². The first-order valence-electron chi connectivity index (χ1n) is 8.77. The maximum absolute atomic E-state index is 12.4. The third-order valence-corrected chi connectivity index (χ3v) is 4.92. The predicted molar refractivity (Wildman–Crippen MR) is 97.8 cm³/mol. The molecule has 2 aromatic rings. The highest BCUT2D eigenvalue weighted by Gasteiger charge is 2.44. The van der Waals surface area contributed by atoms with E-state index in [-0.39, 0.29) is 30.4 Å². The van der Waals surface area contributed by atoms with Gasteiger partial charge in [-0.1, -0.05) is 12.1 Å². The second-order valence-electron chi connectivity index (χ2n) is 6.85. The van der Waals surface area contributed by atoms with Crippen molar-refractivity contribution in [2.45, 2.75) is 18.5 Å². The van der Waals surface area contributed by atoms with Crippen LogP contribution in [0.4, 0.5) is 10.5 Å². The molecule has 2 aliphatic heterocycles. The van der Waals surface area contributed by atoms with Gasteiger partial charge in [-0.05, 0) is 30.7 Å². The maximum atomic E-state index is 12.4. The fourth-order valence-corrected chi connectivity index (χ4v) is 3.62. The van der Waals surface area contributed by atoms with Crippen molar-refractivity contribution in [3.05, 3.63) is 42.7 Å². The first-order chi connectivity index (χ1) is 13.0. The quantitative estimate of drug-likeness (QED) is 0.859. The molecular weight excluding hydrogens is 348 g/mol. The first kappa shape index (κ1) is 17.1. The average molecular weight is 368 g/mol. The normalized spacial score (nSPS) is 22.0. The summed E-state index contributed by atoms with van der Waals surface area (Å²) in [5.74, 6) is 0.552. The van der Waals surface area contributed by atoms with E-state index < -0.39 is 6.04 Å². The van der Waals surface area contributed by atoms with Crippen LogP contribution in [0, 0.1) is 0 Å². The molecule has 0 unspecified atom stereocenters. The Balaban J connectivity index is 1.39. The molecule has 0 bridgehead atoms. The molecule has 140 valence electrons. The number of carbonyl (C=O) groups excluding carboxylic acids is 3. The molecule has 0 spiro atoms. The number of anilines is 1. The van der Waals surface area contributed by atoms with Crippen molar-refractivity contribution in [1.29, 1.82) is 0 Å². The SMILES string of the molecule is CN1CC(=O)N2C[C@@H](NC(=O)Nc3cccc(-c4ccco4)c3)C[C@H]2C1=O. The summed E-state index contributed by atoms with van der Waals surface area (Å²) in [6.07, 6.45) is 2.02. The lowest BCUT2D eigenvalue weighted by molar-refractivity contribution is -0.152. The van der Waals surface area contributed by atoms with Crippen LogP contribution < -0.4 is 10.6 Å². The molecule has 1 aromatic heterocycles. The Hall–Kier alpha value is -3.29. The van der Waals surface area contributed by atoms with Gasteiger partial charge in [0.15, 0.2) is 0 Å². The van der Waals surface area contributed by atoms with Crippen LogP contribution in [0.25, 0.3) is 11.3 Å². The van der Waals surface area contributed by atoms with Gasteiger partial charge in [0.05, 0.1) is 18.8 Å². The van der Waals surface area contributed by atoms with E-state index in [2.05, 4.69) is 10.6 Å². The lowest BCUT2D eigenvalue weighted by Crippen LogP contribution is -2.55. The number of furan rings is 1. The van der Waals surface area contributed by atoms with Crippen LogP contribution >= 0.6 is 0 Å². The summed E-state index contributed by atoms with van der Waals surface area (Å²) >= 11 is 0. The molecule has 0 radical (unpaired) electrons. The minimum absolute atomic E-state index is 0.0783. The number of rotatable bonds is 3. The molecule has 8 nitrogen and oxygen atoms in total. The van der Waals surface area contributed by atoms with Crippen molar-refractivity contribution in [1.82, 2.24) is 15.1 Å². The monoisotopic (exact) mass is 368 g/mol. The second kappa shape index (κ2) is 6.79. The number of urea groups is 1. The van der Waals surface area contributed by atoms with Gasteiger partial charge in [0.25, 0.3) is 0 Å². The molecule has 2 atom stereocenters. The number of piperazine rings is 1. The molecule has 8 heteroatoms. The van der Waals surface area contributed by atoms with Gasteiger partial charge in [0, 0.05) is 24.8 Å². The zero-order valence-corrected chi connectivity index (χ0v) is 14.8. The molecule has 2 saturated heterocycles. The van der Waals surface area contributed by atoms with Crippen LogP contribution in [0.3, 0.4) is 0 Å². The van der Waals surface area contributed by atoms with E-state index in [9.17, 15) is 14.4 Å². The molecule has 0 saturated carbocycles. The largest absolute Gasteiger partial charge is 0.464 e. The standard InChI is InChI=1S/C19H20N4O4/c1-22-11-17(24)23-10-14(9-15(23)18(22)25)21-19(26)20-13-5-2-4-12(8-13)16-6-3-7-27-16/h2-8,14-15H,9-11H2,1H3,(H2,20,21,26)/t14-,15-/m0/s1. The number of fused-ring (bicyclic) bond motifs is 1. The molecule has 4 rings (SSSR count). The molecule has 1 aromatic carbocycles. The van der Waals surface area contributed by atoms with E-state index in [1.165, 1.54) is 4.90 Å². The summed E-state index contributed by atoms with van der Waals surface area (Å²) in [6.45, 7) is 0.441. The first-order valence-corrected chi connectivity index (χ1v) is 8.77. The fraction of sp³-hybridized carbons (Fsp3) is 0.316. The Morgan fingerprint density at radius 2 is 2.07 bits per heavy atom. The number of carbonyl (C=O) groups is 3. The predicted octanol–water partition coefficient (Wildman–Crippen LogP) is 1.51. The number of likely N-dealkylation sites (N-methyl/N-ethyl adjacent to an activating group) is 1. The summed E-state index contributed by atoms with van der Waals surface area (Å²) < 4.78 is 5.37. The second-order valence-corrected chi connectivity index (χ2v) is 6.85. The van der Waals surface area contributed by atoms with Crippen molar-refractivity contribution >= 4 is 23.5 Å². The zero-order chi connectivity index (χ0) is 19.0. The topological polar surface area (TPSA) is 94.9 Å². The van der Waals surface area contributed by atoms with Crippen molar-refractivity contribution in [2.24, 2.45) is 0 Å². The van der Waals surface area contributed by atoms with E-state index in [4.69, 9.17) is 4.42 Å². The lowest BCUT2D eigenvalue weighted by atomic mass is 10.1. The van der Waals surface area contributed by atoms with E-state index in [1.54, 1.807) is 30.3 Å². The van der Waals surface area contributed by atoms with E-state index in [0.717, 1.165) is 5.56 Å². The molecule has 3 heterocycles. The molecule has 2 fully saturated rings. The third kappa shape index (κ3) is 3.38. The zero-order valence-electron chi connectivity index (χ0n) is 14.8. The Bertz CT molecular complexity index is 880. The number of nitrogens with zero attached hydrogens (tertiary/aromatic N) is 2. The van der Waals surface area contributed by atoms with Crippen molar-refractivity contribution in [3.8, 4) is 11.3 Å². The van der Waals surface area contributed by atoms with Crippen LogP contribution in [0.2, 0.25) is 0 Å². The van der Waals surface area contributed by atoms with Gasteiger partial charge in [-0.25, -0.2) is 4.79 Å². The molecule has 2 N–H and O–H groups in total. The Morgan fingerprint density at radius 1 is 1.22 bits per heavy atom. The molecule has 4 amide bonds. The van der Waals surface area contributed by atoms with Gasteiger partial charge in [0.1, 0.15) is 11.8 Å². The fourth-order valence-electron chi connectivity index (χ4n) is 3.62. The van der Waals surface area contributed by atoms with E-state index in [1.807, 2.05) is 24.3 Å². The third-order valence-electron chi connectivity index (χ3n) is 4.92.